The Bertz CT molecular complexity index is 947. The van der Waals surface area contributed by atoms with Crippen molar-refractivity contribution in [3.63, 3.8) is 0 Å². The van der Waals surface area contributed by atoms with E-state index >= 15 is 0 Å². The number of rotatable bonds is 5. The second kappa shape index (κ2) is 7.14. The molecular weight excluding hydrogens is 362 g/mol. The topological polar surface area (TPSA) is 80.9 Å². The van der Waals surface area contributed by atoms with Crippen molar-refractivity contribution in [3.8, 4) is 0 Å². The Morgan fingerprint density at radius 1 is 1.18 bits per heavy atom. The molecule has 0 spiro atoms. The van der Waals surface area contributed by atoms with Crippen LogP contribution in [-0.2, 0) is 10.3 Å². The second-order valence-corrected chi connectivity index (χ2v) is 7.19. The monoisotopic (exact) mass is 382 g/mol. The molecule has 1 heterocycles. The smallest absolute Gasteiger partial charge is 0.248 e. The molecule has 4 rings (SSSR count). The Balaban J connectivity index is 1.56. The number of nitrogens with one attached hydrogen (secondary N) is 1. The van der Waals surface area contributed by atoms with Crippen LogP contribution in [0.3, 0.4) is 0 Å². The summed E-state index contributed by atoms with van der Waals surface area (Å²) in [6.07, 6.45) is 7.73. The summed E-state index contributed by atoms with van der Waals surface area (Å²) in [6.45, 7) is 0. The van der Waals surface area contributed by atoms with Gasteiger partial charge in [-0.2, -0.15) is 0 Å². The van der Waals surface area contributed by atoms with Crippen LogP contribution < -0.4 is 11.1 Å². The summed E-state index contributed by atoms with van der Waals surface area (Å²) >= 11 is 0. The van der Waals surface area contributed by atoms with Crippen molar-refractivity contribution in [1.82, 2.24) is 9.97 Å². The lowest BCUT2D eigenvalue weighted by Crippen LogP contribution is -2.42. The molecule has 0 radical (unpaired) electrons. The first-order valence-corrected chi connectivity index (χ1v) is 9.19. The summed E-state index contributed by atoms with van der Waals surface area (Å²) in [4.78, 5) is 20.0. The van der Waals surface area contributed by atoms with Crippen molar-refractivity contribution in [1.29, 1.82) is 0 Å². The first-order valence-electron chi connectivity index (χ1n) is 9.19. The zero-order valence-corrected chi connectivity index (χ0v) is 15.2. The molecule has 0 aliphatic heterocycles. The highest BCUT2D eigenvalue weighted by atomic mass is 19.1. The van der Waals surface area contributed by atoms with E-state index in [0.717, 1.165) is 24.8 Å². The molecule has 1 aromatic carbocycles. The molecule has 7 heteroatoms. The number of carbonyl (C=O) groups is 1. The number of primary amides is 1. The molecule has 1 atom stereocenters. The molecule has 5 nitrogen and oxygen atoms in total. The number of allylic oxidation sites excluding steroid dienone is 2. The standard InChI is InChI=1S/C21H20F2N4O/c22-16-5-3-15(4-6-16)21(8-1-9-21)27-20-25-11-14(12-26-20)17-10-13(19(24)28)2-7-18(17)23/h2-6,10-12,18H,1,7-9H2,(H2,24,28)(H,25,26,27). The van der Waals surface area contributed by atoms with Crippen LogP contribution in [0.5, 0.6) is 0 Å². The predicted octanol–water partition coefficient (Wildman–Crippen LogP) is 3.64. The molecule has 2 aliphatic carbocycles. The van der Waals surface area contributed by atoms with E-state index in [1.54, 1.807) is 12.1 Å². The van der Waals surface area contributed by atoms with Gasteiger partial charge in [-0.25, -0.2) is 18.7 Å². The van der Waals surface area contributed by atoms with Crippen molar-refractivity contribution >= 4 is 17.4 Å². The number of nitrogens with zero attached hydrogens (tertiary/aromatic N) is 2. The third-order valence-electron chi connectivity index (χ3n) is 5.42. The Labute approximate surface area is 161 Å². The van der Waals surface area contributed by atoms with Crippen LogP contribution in [0.15, 0.2) is 54.4 Å². The first kappa shape index (κ1) is 18.3. The molecule has 0 saturated heterocycles. The fraction of sp³-hybridized carbons (Fsp3) is 0.286. The lowest BCUT2D eigenvalue weighted by molar-refractivity contribution is -0.114. The molecule has 1 fully saturated rings. The van der Waals surface area contributed by atoms with Gasteiger partial charge < -0.3 is 11.1 Å². The van der Waals surface area contributed by atoms with E-state index in [2.05, 4.69) is 15.3 Å². The van der Waals surface area contributed by atoms with Crippen molar-refractivity contribution in [2.75, 3.05) is 5.32 Å². The van der Waals surface area contributed by atoms with E-state index in [9.17, 15) is 13.6 Å². The average Bonchev–Trinajstić information content (AvgIpc) is 2.66. The van der Waals surface area contributed by atoms with Crippen LogP contribution >= 0.6 is 0 Å². The minimum Gasteiger partial charge on any atom is -0.366 e. The Morgan fingerprint density at radius 3 is 2.43 bits per heavy atom. The third kappa shape index (κ3) is 3.40. The van der Waals surface area contributed by atoms with Gasteiger partial charge >= 0.3 is 0 Å². The summed E-state index contributed by atoms with van der Waals surface area (Å²) in [6, 6.07) is 6.44. The maximum Gasteiger partial charge on any atom is 0.248 e. The average molecular weight is 382 g/mol. The number of halogens is 2. The quantitative estimate of drug-likeness (QED) is 0.827. The summed E-state index contributed by atoms with van der Waals surface area (Å²) in [5.41, 5.74) is 7.11. The van der Waals surface area contributed by atoms with E-state index in [4.69, 9.17) is 5.73 Å². The van der Waals surface area contributed by atoms with Gasteiger partial charge in [0.1, 0.15) is 12.0 Å². The molecule has 1 amide bonds. The van der Waals surface area contributed by atoms with E-state index in [1.807, 2.05) is 0 Å². The van der Waals surface area contributed by atoms with Gasteiger partial charge in [0.2, 0.25) is 11.9 Å². The highest BCUT2D eigenvalue weighted by molar-refractivity contribution is 5.98. The summed E-state index contributed by atoms with van der Waals surface area (Å²) in [7, 11) is 0. The lowest BCUT2D eigenvalue weighted by Gasteiger charge is -2.43. The molecular formula is C21H20F2N4O. The Kier molecular flexibility index (Phi) is 4.66. The van der Waals surface area contributed by atoms with Gasteiger partial charge in [-0.3, -0.25) is 4.79 Å². The molecule has 28 heavy (non-hydrogen) atoms. The molecule has 144 valence electrons. The van der Waals surface area contributed by atoms with Gasteiger partial charge in [-0.1, -0.05) is 18.2 Å². The van der Waals surface area contributed by atoms with Crippen molar-refractivity contribution in [3.05, 3.63) is 71.3 Å². The van der Waals surface area contributed by atoms with E-state index in [-0.39, 0.29) is 23.4 Å². The van der Waals surface area contributed by atoms with Crippen LogP contribution in [0.4, 0.5) is 14.7 Å². The minimum absolute atomic E-state index is 0.0950. The second-order valence-electron chi connectivity index (χ2n) is 7.19. The zero-order valence-electron chi connectivity index (χ0n) is 15.2. The van der Waals surface area contributed by atoms with E-state index in [1.165, 1.54) is 36.7 Å². The minimum atomic E-state index is -1.23. The first-order chi connectivity index (χ1) is 13.5. The van der Waals surface area contributed by atoms with Crippen molar-refractivity contribution in [2.45, 2.75) is 37.4 Å². The van der Waals surface area contributed by atoms with Crippen molar-refractivity contribution < 1.29 is 13.6 Å². The van der Waals surface area contributed by atoms with Crippen LogP contribution in [0, 0.1) is 5.82 Å². The van der Waals surface area contributed by atoms with E-state index in [0.29, 0.717) is 17.1 Å². The van der Waals surface area contributed by atoms with Gasteiger partial charge in [0.15, 0.2) is 0 Å². The predicted molar refractivity (Wildman–Crippen MR) is 102 cm³/mol. The van der Waals surface area contributed by atoms with Crippen molar-refractivity contribution in [2.24, 2.45) is 5.73 Å². The van der Waals surface area contributed by atoms with Crippen LogP contribution in [0.1, 0.15) is 36.8 Å². The number of hydrogen-bond acceptors (Lipinski definition) is 4. The van der Waals surface area contributed by atoms with Crippen LogP contribution in [-0.4, -0.2) is 22.0 Å². The molecule has 1 unspecified atom stereocenters. The summed E-state index contributed by atoms with van der Waals surface area (Å²) in [5.74, 6) is -0.440. The Morgan fingerprint density at radius 2 is 1.86 bits per heavy atom. The molecule has 0 bridgehead atoms. The molecule has 1 aromatic heterocycles. The third-order valence-corrected chi connectivity index (χ3v) is 5.42. The number of nitrogens with two attached hydrogens (primary N) is 1. The lowest BCUT2D eigenvalue weighted by atomic mass is 9.72. The highest BCUT2D eigenvalue weighted by Crippen LogP contribution is 2.43. The zero-order chi connectivity index (χ0) is 19.7. The number of carbonyl (C=O) groups excluding carboxylic acids is 1. The Hall–Kier alpha value is -3.09. The van der Waals surface area contributed by atoms with Crippen LogP contribution in [0.25, 0.3) is 5.57 Å². The molecule has 1 saturated carbocycles. The summed E-state index contributed by atoms with van der Waals surface area (Å²) < 4.78 is 27.5. The summed E-state index contributed by atoms with van der Waals surface area (Å²) in [5, 5.41) is 3.35. The molecule has 2 aliphatic rings. The normalized spacial score (nSPS) is 20.6. The number of aromatic nitrogens is 2. The number of alkyl halides is 1. The van der Waals surface area contributed by atoms with Gasteiger partial charge in [0.25, 0.3) is 0 Å². The molecule has 3 N–H and O–H groups in total. The van der Waals surface area contributed by atoms with Gasteiger partial charge in [0.05, 0.1) is 5.54 Å². The number of amides is 1. The van der Waals surface area contributed by atoms with Gasteiger partial charge in [-0.05, 0) is 48.6 Å². The highest BCUT2D eigenvalue weighted by Gasteiger charge is 2.39. The SMILES string of the molecule is NC(=O)C1=CCC(F)C(c2cnc(NC3(c4ccc(F)cc4)CCC3)nc2)=C1. The number of hydrogen-bond donors (Lipinski definition) is 2. The maximum atomic E-state index is 14.3. The maximum absolute atomic E-state index is 14.3. The number of anilines is 1. The largest absolute Gasteiger partial charge is 0.366 e. The number of benzene rings is 1. The fourth-order valence-corrected chi connectivity index (χ4v) is 3.65. The fourth-order valence-electron chi connectivity index (χ4n) is 3.65. The van der Waals surface area contributed by atoms with Crippen LogP contribution in [0.2, 0.25) is 0 Å². The molecule has 2 aromatic rings. The van der Waals surface area contributed by atoms with E-state index < -0.39 is 12.1 Å². The van der Waals surface area contributed by atoms with Gasteiger partial charge in [-0.15, -0.1) is 0 Å². The van der Waals surface area contributed by atoms with Gasteiger partial charge in [0, 0.05) is 30.0 Å².